The number of nitrogens with one attached hydrogen (secondary N) is 1. The molecule has 0 aliphatic carbocycles. The van der Waals surface area contributed by atoms with Crippen molar-refractivity contribution in [1.29, 1.82) is 0 Å². The minimum atomic E-state index is -0.390. The van der Waals surface area contributed by atoms with Gasteiger partial charge in [0.2, 0.25) is 0 Å². The van der Waals surface area contributed by atoms with Crippen molar-refractivity contribution in [3.63, 3.8) is 0 Å². The minimum absolute atomic E-state index is 0.119. The lowest BCUT2D eigenvalue weighted by Gasteiger charge is -2.36. The van der Waals surface area contributed by atoms with Gasteiger partial charge in [-0.15, -0.1) is 0 Å². The molecule has 2 aromatic rings. The summed E-state index contributed by atoms with van der Waals surface area (Å²) in [6.07, 6.45) is 9.00. The highest BCUT2D eigenvalue weighted by molar-refractivity contribution is 6.30. The molecule has 128 valence electrons. The molecule has 0 saturated carbocycles. The Morgan fingerprint density at radius 3 is 3.04 bits per heavy atom. The van der Waals surface area contributed by atoms with Gasteiger partial charge in [0.05, 0.1) is 5.02 Å². The molecule has 7 heteroatoms. The number of aromatic amines is 1. The monoisotopic (exact) mass is 348 g/mol. The largest absolute Gasteiger partial charge is 0.335 e. The summed E-state index contributed by atoms with van der Waals surface area (Å²) in [4.78, 5) is 33.4. The highest BCUT2D eigenvalue weighted by atomic mass is 35.5. The highest BCUT2D eigenvalue weighted by Gasteiger charge is 2.28. The maximum absolute atomic E-state index is 12.8. The third-order valence-electron chi connectivity index (χ3n) is 4.61. The maximum Gasteiger partial charge on any atom is 0.260 e. The molecule has 1 aliphatic rings. The van der Waals surface area contributed by atoms with Crippen molar-refractivity contribution in [3.05, 3.63) is 51.4 Å². The summed E-state index contributed by atoms with van der Waals surface area (Å²) in [5.74, 6) is 0.737. The molecule has 6 nitrogen and oxygen atoms in total. The fourth-order valence-electron chi connectivity index (χ4n) is 3.27. The molecule has 0 aromatic carbocycles. The Kier molecular flexibility index (Phi) is 5.04. The second-order valence-electron chi connectivity index (χ2n) is 6.17. The first kappa shape index (κ1) is 16.8. The smallest absolute Gasteiger partial charge is 0.260 e. The van der Waals surface area contributed by atoms with Gasteiger partial charge in [0.15, 0.2) is 0 Å². The lowest BCUT2D eigenvalue weighted by atomic mass is 9.98. The second-order valence-corrected chi connectivity index (χ2v) is 6.60. The van der Waals surface area contributed by atoms with Gasteiger partial charge in [-0.2, -0.15) is 0 Å². The SMILES string of the molecule is Cc1nccn1CC[C@H]1CCCCN1C(=O)c1cc(Cl)c[nH]c1=O. The summed E-state index contributed by atoms with van der Waals surface area (Å²) < 4.78 is 2.09. The third kappa shape index (κ3) is 3.53. The highest BCUT2D eigenvalue weighted by Crippen LogP contribution is 2.22. The Labute approximate surface area is 145 Å². The van der Waals surface area contributed by atoms with Crippen LogP contribution in [0.4, 0.5) is 0 Å². The predicted octanol–water partition coefficient (Wildman–Crippen LogP) is 2.62. The number of imidazole rings is 1. The summed E-state index contributed by atoms with van der Waals surface area (Å²) in [7, 11) is 0. The van der Waals surface area contributed by atoms with Gasteiger partial charge in [-0.3, -0.25) is 9.59 Å². The van der Waals surface area contributed by atoms with Crippen LogP contribution in [0, 0.1) is 6.92 Å². The van der Waals surface area contributed by atoms with E-state index in [4.69, 9.17) is 11.6 Å². The average molecular weight is 349 g/mol. The van der Waals surface area contributed by atoms with Crippen LogP contribution in [0.5, 0.6) is 0 Å². The Balaban J connectivity index is 1.76. The van der Waals surface area contributed by atoms with Crippen LogP contribution in [0.25, 0.3) is 0 Å². The molecule has 3 heterocycles. The number of hydrogen-bond acceptors (Lipinski definition) is 3. The third-order valence-corrected chi connectivity index (χ3v) is 4.83. The first-order valence-electron chi connectivity index (χ1n) is 8.23. The summed E-state index contributed by atoms with van der Waals surface area (Å²) in [5, 5.41) is 0.362. The van der Waals surface area contributed by atoms with Gasteiger partial charge in [0.25, 0.3) is 11.5 Å². The lowest BCUT2D eigenvalue weighted by molar-refractivity contribution is 0.0593. The summed E-state index contributed by atoms with van der Waals surface area (Å²) in [6.45, 7) is 3.46. The Bertz CT molecular complexity index is 783. The van der Waals surface area contributed by atoms with Crippen LogP contribution in [0.3, 0.4) is 0 Å². The first-order valence-corrected chi connectivity index (χ1v) is 8.61. The Morgan fingerprint density at radius 1 is 1.46 bits per heavy atom. The zero-order valence-electron chi connectivity index (χ0n) is 13.7. The molecule has 0 unspecified atom stereocenters. The van der Waals surface area contributed by atoms with Gasteiger partial charge < -0.3 is 14.5 Å². The fourth-order valence-corrected chi connectivity index (χ4v) is 3.43. The van der Waals surface area contributed by atoms with Gasteiger partial charge >= 0.3 is 0 Å². The molecule has 3 rings (SSSR count). The average Bonchev–Trinajstić information content (AvgIpc) is 3.00. The van der Waals surface area contributed by atoms with Crippen molar-refractivity contribution in [3.8, 4) is 0 Å². The number of amides is 1. The van der Waals surface area contributed by atoms with Crippen molar-refractivity contribution in [2.75, 3.05) is 6.54 Å². The summed E-state index contributed by atoms with van der Waals surface area (Å²) in [5.41, 5.74) is -0.271. The number of nitrogens with zero attached hydrogens (tertiary/aromatic N) is 3. The van der Waals surface area contributed by atoms with Crippen LogP contribution in [0.2, 0.25) is 5.02 Å². The summed E-state index contributed by atoms with van der Waals surface area (Å²) in [6, 6.07) is 1.58. The van der Waals surface area contributed by atoms with Crippen LogP contribution in [0.1, 0.15) is 41.9 Å². The van der Waals surface area contributed by atoms with E-state index in [2.05, 4.69) is 14.5 Å². The molecule has 1 N–H and O–H groups in total. The number of H-pyrrole nitrogens is 1. The van der Waals surface area contributed by atoms with Crippen LogP contribution in [-0.2, 0) is 6.54 Å². The number of piperidine rings is 1. The number of hydrogen-bond donors (Lipinski definition) is 1. The minimum Gasteiger partial charge on any atom is -0.335 e. The molecule has 1 saturated heterocycles. The zero-order valence-corrected chi connectivity index (χ0v) is 14.4. The fraction of sp³-hybridized carbons (Fsp3) is 0.471. The molecular formula is C17H21ClN4O2. The van der Waals surface area contributed by atoms with Crippen LogP contribution >= 0.6 is 11.6 Å². The Hall–Kier alpha value is -2.08. The van der Waals surface area contributed by atoms with E-state index in [0.29, 0.717) is 11.6 Å². The Morgan fingerprint density at radius 2 is 2.29 bits per heavy atom. The molecule has 24 heavy (non-hydrogen) atoms. The number of aryl methyl sites for hydroxylation is 2. The van der Waals surface area contributed by atoms with Crippen molar-refractivity contribution in [1.82, 2.24) is 19.4 Å². The van der Waals surface area contributed by atoms with Gasteiger partial charge in [-0.1, -0.05) is 11.6 Å². The molecule has 1 amide bonds. The van der Waals surface area contributed by atoms with Gasteiger partial charge in [-0.25, -0.2) is 4.98 Å². The lowest BCUT2D eigenvalue weighted by Crippen LogP contribution is -2.45. The van der Waals surface area contributed by atoms with E-state index >= 15 is 0 Å². The van der Waals surface area contributed by atoms with E-state index in [1.807, 2.05) is 18.0 Å². The van der Waals surface area contributed by atoms with E-state index in [-0.39, 0.29) is 23.1 Å². The van der Waals surface area contributed by atoms with Crippen LogP contribution < -0.4 is 5.56 Å². The quantitative estimate of drug-likeness (QED) is 0.923. The zero-order chi connectivity index (χ0) is 17.1. The first-order chi connectivity index (χ1) is 11.6. The van der Waals surface area contributed by atoms with Gasteiger partial charge in [0.1, 0.15) is 11.4 Å². The van der Waals surface area contributed by atoms with Crippen LogP contribution in [-0.4, -0.2) is 37.9 Å². The molecule has 1 fully saturated rings. The van der Waals surface area contributed by atoms with E-state index in [1.54, 1.807) is 6.20 Å². The number of rotatable bonds is 4. The van der Waals surface area contributed by atoms with Crippen molar-refractivity contribution >= 4 is 17.5 Å². The molecule has 1 aliphatic heterocycles. The van der Waals surface area contributed by atoms with Crippen molar-refractivity contribution in [2.24, 2.45) is 0 Å². The van der Waals surface area contributed by atoms with Gasteiger partial charge in [0, 0.05) is 37.7 Å². The standard InChI is InChI=1S/C17H21ClN4O2/c1-12-19-6-9-21(12)8-5-14-4-2-3-7-22(14)17(24)15-10-13(18)11-20-16(15)23/h6,9-11,14H,2-5,7-8H2,1H3,(H,20,23)/t14-/m1/s1. The molecule has 0 spiro atoms. The molecule has 2 aromatic heterocycles. The number of likely N-dealkylation sites (tertiary alicyclic amines) is 1. The maximum atomic E-state index is 12.8. The van der Waals surface area contributed by atoms with E-state index in [9.17, 15) is 9.59 Å². The van der Waals surface area contributed by atoms with Gasteiger partial charge in [-0.05, 0) is 38.7 Å². The number of pyridine rings is 1. The van der Waals surface area contributed by atoms with E-state index in [0.717, 1.165) is 38.1 Å². The molecule has 1 atom stereocenters. The van der Waals surface area contributed by atoms with Crippen molar-refractivity contribution < 1.29 is 4.79 Å². The second kappa shape index (κ2) is 7.21. The number of carbonyl (C=O) groups is 1. The molecular weight excluding hydrogens is 328 g/mol. The van der Waals surface area contributed by atoms with E-state index in [1.165, 1.54) is 12.3 Å². The number of aromatic nitrogens is 3. The van der Waals surface area contributed by atoms with Crippen LogP contribution in [0.15, 0.2) is 29.5 Å². The molecule has 0 radical (unpaired) electrons. The molecule has 0 bridgehead atoms. The van der Waals surface area contributed by atoms with Crippen molar-refractivity contribution in [2.45, 2.75) is 45.2 Å². The summed E-state index contributed by atoms with van der Waals surface area (Å²) >= 11 is 5.93. The number of halogens is 1. The topological polar surface area (TPSA) is 71.0 Å². The predicted molar refractivity (Wildman–Crippen MR) is 92.3 cm³/mol. The number of carbonyl (C=O) groups excluding carboxylic acids is 1. The van der Waals surface area contributed by atoms with E-state index < -0.39 is 0 Å². The normalized spacial score (nSPS) is 17.9.